The molecule has 0 fully saturated rings. The van der Waals surface area contributed by atoms with Crippen molar-refractivity contribution in [1.29, 1.82) is 0 Å². The van der Waals surface area contributed by atoms with Crippen molar-refractivity contribution in [1.82, 2.24) is 10.6 Å². The number of aliphatic hydroxyl groups is 1. The Morgan fingerprint density at radius 3 is 2.56 bits per heavy atom. The van der Waals surface area contributed by atoms with Gasteiger partial charge < -0.3 is 26.2 Å². The molecule has 0 aromatic rings. The largest absolute Gasteiger partial charge is 0.444 e. The van der Waals surface area contributed by atoms with Gasteiger partial charge in [-0.25, -0.2) is 4.79 Å². The summed E-state index contributed by atoms with van der Waals surface area (Å²) < 4.78 is 5.06. The van der Waals surface area contributed by atoms with Crippen molar-refractivity contribution in [2.24, 2.45) is 5.73 Å². The lowest BCUT2D eigenvalue weighted by molar-refractivity contribution is 0.0482. The molecule has 1 atom stereocenters. The summed E-state index contributed by atoms with van der Waals surface area (Å²) in [5, 5.41) is 14.6. The number of carbonyl (C=O) groups excluding carboxylic acids is 1. The number of nitrogens with one attached hydrogen (secondary N) is 2. The number of hydrogen-bond donors (Lipinski definition) is 4. The predicted octanol–water partition coefficient (Wildman–Crippen LogP) is -0.580. The summed E-state index contributed by atoms with van der Waals surface area (Å²) in [6.45, 7) is 6.84. The summed E-state index contributed by atoms with van der Waals surface area (Å²) in [4.78, 5) is 11.4. The maximum atomic E-state index is 11.4. The Bertz CT molecular complexity index is 204. The van der Waals surface area contributed by atoms with Crippen LogP contribution in [0.2, 0.25) is 0 Å². The van der Waals surface area contributed by atoms with Gasteiger partial charge in [-0.2, -0.15) is 0 Å². The molecule has 0 saturated heterocycles. The third-order valence-corrected chi connectivity index (χ3v) is 1.65. The van der Waals surface area contributed by atoms with Crippen LogP contribution in [0.1, 0.15) is 20.8 Å². The first-order chi connectivity index (χ1) is 7.39. The second kappa shape index (κ2) is 7.43. The average molecular weight is 233 g/mol. The maximum Gasteiger partial charge on any atom is 0.407 e. The van der Waals surface area contributed by atoms with Gasteiger partial charge in [-0.05, 0) is 20.8 Å². The van der Waals surface area contributed by atoms with E-state index in [1.807, 2.05) is 0 Å². The summed E-state index contributed by atoms with van der Waals surface area (Å²) in [6, 6.07) is -0.360. The summed E-state index contributed by atoms with van der Waals surface area (Å²) in [5.41, 5.74) is 4.77. The smallest absolute Gasteiger partial charge is 0.407 e. The third-order valence-electron chi connectivity index (χ3n) is 1.65. The fraction of sp³-hybridized carbons (Fsp3) is 0.900. The summed E-state index contributed by atoms with van der Waals surface area (Å²) in [6.07, 6.45) is -0.527. The van der Waals surface area contributed by atoms with Gasteiger partial charge in [0.25, 0.3) is 0 Å². The highest BCUT2D eigenvalue weighted by molar-refractivity contribution is 5.68. The van der Waals surface area contributed by atoms with Crippen LogP contribution in [0.3, 0.4) is 0 Å². The highest BCUT2D eigenvalue weighted by Gasteiger charge is 2.18. The van der Waals surface area contributed by atoms with E-state index in [0.29, 0.717) is 19.6 Å². The molecule has 0 aromatic heterocycles. The SMILES string of the molecule is CC(C)(C)OC(=O)NC(CO)CNCCN. The quantitative estimate of drug-likeness (QED) is 0.460. The molecule has 0 spiro atoms. The van der Waals surface area contributed by atoms with Gasteiger partial charge in [0.15, 0.2) is 0 Å². The topological polar surface area (TPSA) is 96.6 Å². The molecular formula is C10H23N3O3. The minimum absolute atomic E-state index is 0.142. The Kier molecular flexibility index (Phi) is 7.03. The van der Waals surface area contributed by atoms with Crippen LogP contribution in [-0.4, -0.2) is 49.1 Å². The van der Waals surface area contributed by atoms with Gasteiger partial charge in [-0.15, -0.1) is 0 Å². The second-order valence-corrected chi connectivity index (χ2v) is 4.52. The van der Waals surface area contributed by atoms with Crippen molar-refractivity contribution in [3.05, 3.63) is 0 Å². The van der Waals surface area contributed by atoms with Crippen molar-refractivity contribution >= 4 is 6.09 Å². The number of carbonyl (C=O) groups is 1. The van der Waals surface area contributed by atoms with Crippen LogP contribution in [-0.2, 0) is 4.74 Å². The average Bonchev–Trinajstić information content (AvgIpc) is 2.13. The van der Waals surface area contributed by atoms with E-state index < -0.39 is 11.7 Å². The van der Waals surface area contributed by atoms with Crippen molar-refractivity contribution in [3.8, 4) is 0 Å². The molecule has 0 saturated carbocycles. The summed E-state index contributed by atoms with van der Waals surface area (Å²) in [7, 11) is 0. The number of aliphatic hydroxyl groups excluding tert-OH is 1. The second-order valence-electron chi connectivity index (χ2n) is 4.52. The standard InChI is InChI=1S/C10H23N3O3/c1-10(2,3)16-9(15)13-8(7-14)6-12-5-4-11/h8,12,14H,4-7,11H2,1-3H3,(H,13,15). The highest BCUT2D eigenvalue weighted by atomic mass is 16.6. The summed E-state index contributed by atoms with van der Waals surface area (Å²) >= 11 is 0. The molecule has 0 aromatic carbocycles. The first-order valence-corrected chi connectivity index (χ1v) is 5.40. The lowest BCUT2D eigenvalue weighted by Gasteiger charge is -2.22. The molecule has 5 N–H and O–H groups in total. The Hall–Kier alpha value is -0.850. The normalized spacial score (nSPS) is 13.3. The van der Waals surface area contributed by atoms with Gasteiger partial charge in [0.2, 0.25) is 0 Å². The van der Waals surface area contributed by atoms with E-state index in [0.717, 1.165) is 0 Å². The first kappa shape index (κ1) is 15.2. The first-order valence-electron chi connectivity index (χ1n) is 5.40. The van der Waals surface area contributed by atoms with Crippen LogP contribution < -0.4 is 16.4 Å². The van der Waals surface area contributed by atoms with Crippen molar-refractivity contribution in [2.45, 2.75) is 32.4 Å². The molecule has 16 heavy (non-hydrogen) atoms. The molecule has 0 bridgehead atoms. The monoisotopic (exact) mass is 233 g/mol. The van der Waals surface area contributed by atoms with E-state index in [9.17, 15) is 4.79 Å². The van der Waals surface area contributed by atoms with E-state index in [2.05, 4.69) is 10.6 Å². The van der Waals surface area contributed by atoms with Gasteiger partial charge in [0.05, 0.1) is 12.6 Å². The number of nitrogens with two attached hydrogens (primary N) is 1. The highest BCUT2D eigenvalue weighted by Crippen LogP contribution is 2.06. The molecule has 6 nitrogen and oxygen atoms in total. The Balaban J connectivity index is 3.88. The van der Waals surface area contributed by atoms with Crippen LogP contribution >= 0.6 is 0 Å². The maximum absolute atomic E-state index is 11.4. The van der Waals surface area contributed by atoms with Crippen LogP contribution in [0.25, 0.3) is 0 Å². The molecule has 0 aliphatic carbocycles. The van der Waals surface area contributed by atoms with Crippen molar-refractivity contribution < 1.29 is 14.6 Å². The van der Waals surface area contributed by atoms with E-state index in [1.54, 1.807) is 20.8 Å². The fourth-order valence-corrected chi connectivity index (χ4v) is 1.01. The van der Waals surface area contributed by atoms with E-state index >= 15 is 0 Å². The molecule has 0 rings (SSSR count). The zero-order chi connectivity index (χ0) is 12.6. The van der Waals surface area contributed by atoms with Crippen molar-refractivity contribution in [2.75, 3.05) is 26.2 Å². The van der Waals surface area contributed by atoms with E-state index in [4.69, 9.17) is 15.6 Å². The lowest BCUT2D eigenvalue weighted by atomic mass is 10.2. The van der Waals surface area contributed by atoms with Crippen molar-refractivity contribution in [3.63, 3.8) is 0 Å². The van der Waals surface area contributed by atoms with Crippen LogP contribution in [0.4, 0.5) is 4.79 Å². The molecule has 1 unspecified atom stereocenters. The zero-order valence-electron chi connectivity index (χ0n) is 10.2. The Labute approximate surface area is 96.5 Å². The predicted molar refractivity (Wildman–Crippen MR) is 62.2 cm³/mol. The number of hydrogen-bond acceptors (Lipinski definition) is 5. The van der Waals surface area contributed by atoms with Crippen LogP contribution in [0.15, 0.2) is 0 Å². The number of alkyl carbamates (subject to hydrolysis) is 1. The zero-order valence-corrected chi connectivity index (χ0v) is 10.2. The molecule has 0 radical (unpaired) electrons. The molecule has 0 aliphatic heterocycles. The molecule has 0 heterocycles. The number of rotatable bonds is 6. The molecule has 6 heteroatoms. The van der Waals surface area contributed by atoms with Gasteiger partial charge in [0, 0.05) is 19.6 Å². The molecule has 96 valence electrons. The fourth-order valence-electron chi connectivity index (χ4n) is 1.01. The Morgan fingerprint density at radius 2 is 2.12 bits per heavy atom. The van der Waals surface area contributed by atoms with Crippen LogP contribution in [0.5, 0.6) is 0 Å². The minimum Gasteiger partial charge on any atom is -0.444 e. The number of ether oxygens (including phenoxy) is 1. The Morgan fingerprint density at radius 1 is 1.50 bits per heavy atom. The summed E-state index contributed by atoms with van der Waals surface area (Å²) in [5.74, 6) is 0. The third kappa shape index (κ3) is 8.46. The van der Waals surface area contributed by atoms with Gasteiger partial charge >= 0.3 is 6.09 Å². The molecule has 0 aliphatic rings. The van der Waals surface area contributed by atoms with Gasteiger partial charge in [0.1, 0.15) is 5.60 Å². The van der Waals surface area contributed by atoms with E-state index in [1.165, 1.54) is 0 Å². The van der Waals surface area contributed by atoms with Crippen LogP contribution in [0, 0.1) is 0 Å². The minimum atomic E-state index is -0.533. The number of amides is 1. The van der Waals surface area contributed by atoms with E-state index in [-0.39, 0.29) is 12.6 Å². The molecule has 1 amide bonds. The molecular weight excluding hydrogens is 210 g/mol. The van der Waals surface area contributed by atoms with Gasteiger partial charge in [-0.3, -0.25) is 0 Å². The van der Waals surface area contributed by atoms with Gasteiger partial charge in [-0.1, -0.05) is 0 Å². The lowest BCUT2D eigenvalue weighted by Crippen LogP contribution is -2.46.